The van der Waals surface area contributed by atoms with Crippen LogP contribution in [0.5, 0.6) is 0 Å². The molecule has 0 atom stereocenters. The van der Waals surface area contributed by atoms with Crippen molar-refractivity contribution in [3.8, 4) is 0 Å². The monoisotopic (exact) mass is 1250 g/mol. The zero-order chi connectivity index (χ0) is 62.4. The van der Waals surface area contributed by atoms with Crippen LogP contribution in [0, 0.1) is 0 Å². The summed E-state index contributed by atoms with van der Waals surface area (Å²) in [4.78, 5) is 0. The quantitative estimate of drug-likeness (QED) is 0.0245. The summed E-state index contributed by atoms with van der Waals surface area (Å²) in [5.41, 5.74) is 0. The van der Waals surface area contributed by atoms with Gasteiger partial charge in [-0.05, 0) is 25.7 Å². The second-order valence-electron chi connectivity index (χ2n) is 24.6. The Balaban J connectivity index is -0.000000333. The van der Waals surface area contributed by atoms with Crippen molar-refractivity contribution in [3.05, 3.63) is 0 Å². The predicted octanol–water partition coefficient (Wildman–Crippen LogP) is 15.2. The summed E-state index contributed by atoms with van der Waals surface area (Å²) in [6.07, 6.45) is 79.1. The summed E-state index contributed by atoms with van der Waals surface area (Å²) < 4.78 is 13.5. The molecule has 0 aliphatic carbocycles. The van der Waals surface area contributed by atoms with Gasteiger partial charge in [-0.15, -0.1) is 0 Å². The Labute approximate surface area is 538 Å². The minimum absolute atomic E-state index is 0. The second-order valence-corrected chi connectivity index (χ2v) is 24.6. The molecule has 0 rings (SSSR count). The van der Waals surface area contributed by atoms with Crippen LogP contribution < -0.4 is 41.5 Å². The van der Waals surface area contributed by atoms with E-state index in [1.54, 1.807) is 0 Å². The van der Waals surface area contributed by atoms with E-state index in [9.17, 15) is 41.5 Å². The smallest absolute Gasteiger partial charge is 0.719 e. The first kappa shape index (κ1) is 91.4. The molecular formula is C72H140O12V. The molecule has 0 bridgehead atoms. The minimum Gasteiger partial charge on any atom is -0.719 e. The van der Waals surface area contributed by atoms with Crippen molar-refractivity contribution in [2.24, 2.45) is 0 Å². The molecule has 13 heteroatoms. The molecule has 0 aliphatic rings. The molecule has 0 aromatic carbocycles. The molecule has 0 saturated carbocycles. The van der Waals surface area contributed by atoms with Crippen LogP contribution in [-0.2, 0) is 36.9 Å². The van der Waals surface area contributed by atoms with Gasteiger partial charge in [0.15, 0.2) is 0 Å². The topological polar surface area (TPSA) is 230 Å². The summed E-state index contributed by atoms with van der Waals surface area (Å²) in [5.74, 6) is -2.48. The average Bonchev–Trinajstić information content (AvgIpc) is 3.51. The molecule has 0 amide bonds. The van der Waals surface area contributed by atoms with Crippen LogP contribution in [0.25, 0.3) is 0 Å². The van der Waals surface area contributed by atoms with Gasteiger partial charge in [-0.3, -0.25) is 20.4 Å². The third-order valence-electron chi connectivity index (χ3n) is 16.3. The SMILES string of the molecule is CCCCCCCCCCCCCCCCCC([O-])=[O+][O-].CCCCCCCCCCCCCCCCCC([O-])=[O+][O-].CCCCCCCCCCCCCCCCCC([O-])=[O+][O-].CCCCCCCCCCCCCCCCCC([O-])=[O+][O-].[V+4]. The van der Waals surface area contributed by atoms with Crippen molar-refractivity contribution in [1.82, 2.24) is 0 Å². The third kappa shape index (κ3) is 95.5. The van der Waals surface area contributed by atoms with E-state index in [1.807, 2.05) is 0 Å². The minimum atomic E-state index is -0.621. The molecule has 0 aromatic heterocycles. The Kier molecular flexibility index (Phi) is 94.7. The van der Waals surface area contributed by atoms with Crippen LogP contribution in [0.1, 0.15) is 439 Å². The molecule has 0 aliphatic heterocycles. The zero-order valence-electron chi connectivity index (χ0n) is 56.6. The maximum Gasteiger partial charge on any atom is 4.00 e. The summed E-state index contributed by atoms with van der Waals surface area (Å²) in [5, 5.41) is 81.5. The Morgan fingerprint density at radius 2 is 0.247 bits per heavy atom. The van der Waals surface area contributed by atoms with E-state index in [1.165, 1.54) is 334 Å². The Morgan fingerprint density at radius 1 is 0.165 bits per heavy atom. The first-order chi connectivity index (χ1) is 41.2. The number of hydrogen-bond acceptors (Lipinski definition) is 8. The summed E-state index contributed by atoms with van der Waals surface area (Å²) in [6.45, 7) is 9.06. The number of carboxylic acid groups (broad SMARTS) is 4. The summed E-state index contributed by atoms with van der Waals surface area (Å²) in [7, 11) is 0. The van der Waals surface area contributed by atoms with Gasteiger partial charge in [-0.1, -0.05) is 387 Å². The first-order valence-corrected chi connectivity index (χ1v) is 36.5. The largest absolute Gasteiger partial charge is 4.00 e. The van der Waals surface area contributed by atoms with E-state index in [2.05, 4.69) is 46.0 Å². The third-order valence-corrected chi connectivity index (χ3v) is 16.3. The van der Waals surface area contributed by atoms with Crippen molar-refractivity contribution >= 4 is 23.9 Å². The average molecular weight is 1250 g/mol. The number of aliphatic carboxylic acids is 4. The van der Waals surface area contributed by atoms with Gasteiger partial charge in [0.2, 0.25) is 0 Å². The van der Waals surface area contributed by atoms with Crippen LogP contribution >= 0.6 is 0 Å². The standard InChI is InChI=1S/4C18H36O3.V/c4*1-2-3-4-5-6-7-8-9-10-11-12-13-14-15-16-17-18(19)21-20;/h4*19H,2-17H2,1H3;/q;;;;+4/p-4. The number of unbranched alkanes of at least 4 members (excludes halogenated alkanes) is 56. The zero-order valence-corrected chi connectivity index (χ0v) is 58.0. The van der Waals surface area contributed by atoms with Gasteiger partial charge >= 0.3 is 42.4 Å². The van der Waals surface area contributed by atoms with Crippen LogP contribution in [-0.4, -0.2) is 23.9 Å². The molecule has 85 heavy (non-hydrogen) atoms. The van der Waals surface area contributed by atoms with Crippen molar-refractivity contribution in [3.63, 3.8) is 0 Å². The maximum atomic E-state index is 10.6. The van der Waals surface area contributed by atoms with Gasteiger partial charge in [0.05, 0.1) is 0 Å². The Hall–Kier alpha value is -2.34. The van der Waals surface area contributed by atoms with Gasteiger partial charge in [-0.25, -0.2) is 0 Å². The molecule has 505 valence electrons. The molecule has 0 heterocycles. The Bertz CT molecular complexity index is 1110. The normalized spacial score (nSPS) is 11.8. The fourth-order valence-electron chi connectivity index (χ4n) is 10.7. The molecule has 0 aromatic rings. The molecule has 1 radical (unpaired) electrons. The molecule has 0 spiro atoms. The number of hydrogen-bond donors (Lipinski definition) is 0. The molecule has 12 nitrogen and oxygen atoms in total. The molecule has 0 N–H and O–H groups in total. The molecule has 0 fully saturated rings. The van der Waals surface area contributed by atoms with Crippen molar-refractivity contribution < 1.29 is 78.3 Å². The van der Waals surface area contributed by atoms with E-state index in [0.717, 1.165) is 51.4 Å². The maximum absolute atomic E-state index is 10.6. The summed E-state index contributed by atoms with van der Waals surface area (Å²) >= 11 is 0. The summed E-state index contributed by atoms with van der Waals surface area (Å²) in [6, 6.07) is 0. The van der Waals surface area contributed by atoms with E-state index >= 15 is 0 Å². The van der Waals surface area contributed by atoms with Gasteiger partial charge in [0, 0.05) is 25.7 Å². The van der Waals surface area contributed by atoms with E-state index in [-0.39, 0.29) is 44.2 Å². The second kappa shape index (κ2) is 88.1. The Morgan fingerprint density at radius 3 is 0.329 bits per heavy atom. The van der Waals surface area contributed by atoms with Gasteiger partial charge < -0.3 is 39.3 Å². The van der Waals surface area contributed by atoms with Crippen molar-refractivity contribution in [1.29, 1.82) is 0 Å². The van der Waals surface area contributed by atoms with Gasteiger partial charge in [-0.2, -0.15) is 0 Å². The molecular weight excluding hydrogens is 1110 g/mol. The molecule has 0 unspecified atom stereocenters. The van der Waals surface area contributed by atoms with E-state index < -0.39 is 23.9 Å². The number of carboxylic acids is 4. The fraction of sp³-hybridized carbons (Fsp3) is 0.944. The fourth-order valence-corrected chi connectivity index (χ4v) is 10.7. The first-order valence-electron chi connectivity index (χ1n) is 36.5. The predicted molar refractivity (Wildman–Crippen MR) is 338 cm³/mol. The van der Waals surface area contributed by atoms with Gasteiger partial charge in [0.25, 0.3) is 0 Å². The van der Waals surface area contributed by atoms with Gasteiger partial charge in [0.1, 0.15) is 0 Å². The van der Waals surface area contributed by atoms with Crippen LogP contribution in [0.3, 0.4) is 0 Å². The van der Waals surface area contributed by atoms with Crippen LogP contribution in [0.4, 0.5) is 0 Å². The number of carbonyl (C=O) groups excluding carboxylic acids is 4. The molecule has 0 saturated heterocycles. The van der Waals surface area contributed by atoms with Crippen molar-refractivity contribution in [2.75, 3.05) is 0 Å². The number of rotatable bonds is 64. The van der Waals surface area contributed by atoms with E-state index in [4.69, 9.17) is 0 Å². The van der Waals surface area contributed by atoms with Crippen LogP contribution in [0.2, 0.25) is 0 Å². The van der Waals surface area contributed by atoms with Crippen molar-refractivity contribution in [2.45, 2.75) is 439 Å². The van der Waals surface area contributed by atoms with Crippen LogP contribution in [0.15, 0.2) is 0 Å². The van der Waals surface area contributed by atoms with E-state index in [0.29, 0.717) is 0 Å².